The lowest BCUT2D eigenvalue weighted by Gasteiger charge is -2.38. The first kappa shape index (κ1) is 15.8. The number of hydrogen-bond donors (Lipinski definition) is 1. The van der Waals surface area contributed by atoms with Crippen LogP contribution >= 0.6 is 0 Å². The summed E-state index contributed by atoms with van der Waals surface area (Å²) >= 11 is 0. The minimum atomic E-state index is -0.373. The van der Waals surface area contributed by atoms with Gasteiger partial charge in [0.1, 0.15) is 5.54 Å². The van der Waals surface area contributed by atoms with Crippen LogP contribution in [0.4, 0.5) is 0 Å². The molecule has 20 heavy (non-hydrogen) atoms. The normalized spacial score (nSPS) is 31.3. The molecule has 1 N–H and O–H groups in total. The van der Waals surface area contributed by atoms with Crippen molar-refractivity contribution < 1.29 is 0 Å². The Labute approximate surface area is 124 Å². The summed E-state index contributed by atoms with van der Waals surface area (Å²) in [6, 6.07) is 3.81. The van der Waals surface area contributed by atoms with Crippen molar-refractivity contribution in [3.63, 3.8) is 0 Å². The largest absolute Gasteiger partial charge is 0.300 e. The number of rotatable bonds is 6. The Morgan fingerprint density at radius 3 is 2.80 bits per heavy atom. The number of nitriles is 1. The first-order valence-electron chi connectivity index (χ1n) is 8.51. The van der Waals surface area contributed by atoms with Crippen LogP contribution in [-0.4, -0.2) is 35.6 Å². The van der Waals surface area contributed by atoms with Crippen molar-refractivity contribution in [2.75, 3.05) is 13.1 Å². The Kier molecular flexibility index (Phi) is 5.46. The summed E-state index contributed by atoms with van der Waals surface area (Å²) in [7, 11) is 0. The van der Waals surface area contributed by atoms with Gasteiger partial charge in [-0.05, 0) is 65.0 Å². The fourth-order valence-electron chi connectivity index (χ4n) is 4.26. The van der Waals surface area contributed by atoms with Crippen LogP contribution in [0, 0.1) is 17.2 Å². The summed E-state index contributed by atoms with van der Waals surface area (Å²) in [5.74, 6) is 0.933. The van der Waals surface area contributed by atoms with Crippen LogP contribution in [0.3, 0.4) is 0 Å². The number of nitrogens with zero attached hydrogens (tertiary/aromatic N) is 2. The molecule has 1 saturated heterocycles. The van der Waals surface area contributed by atoms with Gasteiger partial charge in [-0.15, -0.1) is 0 Å². The van der Waals surface area contributed by atoms with E-state index in [1.54, 1.807) is 0 Å². The monoisotopic (exact) mass is 277 g/mol. The third kappa shape index (κ3) is 3.54. The Bertz CT molecular complexity index is 349. The highest BCUT2D eigenvalue weighted by molar-refractivity contribution is 5.06. The summed E-state index contributed by atoms with van der Waals surface area (Å²) in [4.78, 5) is 2.70. The molecular formula is C17H31N3. The highest BCUT2D eigenvalue weighted by Gasteiger charge is 2.39. The maximum absolute atomic E-state index is 9.51. The number of hydrogen-bond acceptors (Lipinski definition) is 3. The second kappa shape index (κ2) is 6.91. The van der Waals surface area contributed by atoms with Gasteiger partial charge < -0.3 is 0 Å². The maximum Gasteiger partial charge on any atom is 0.105 e. The van der Waals surface area contributed by atoms with Gasteiger partial charge in [0.25, 0.3) is 0 Å². The Morgan fingerprint density at radius 2 is 2.10 bits per heavy atom. The van der Waals surface area contributed by atoms with E-state index in [1.165, 1.54) is 38.6 Å². The fraction of sp³-hybridized carbons (Fsp3) is 0.941. The van der Waals surface area contributed by atoms with E-state index in [1.807, 2.05) is 0 Å². The molecule has 2 rings (SSSR count). The van der Waals surface area contributed by atoms with Crippen LogP contribution in [0.5, 0.6) is 0 Å². The van der Waals surface area contributed by atoms with Gasteiger partial charge >= 0.3 is 0 Å². The van der Waals surface area contributed by atoms with E-state index in [0.717, 1.165) is 31.3 Å². The van der Waals surface area contributed by atoms with E-state index in [2.05, 4.69) is 37.1 Å². The van der Waals surface area contributed by atoms with E-state index in [-0.39, 0.29) is 5.54 Å². The molecule has 0 aromatic rings. The van der Waals surface area contributed by atoms with Crippen LogP contribution in [0.15, 0.2) is 0 Å². The molecule has 2 aliphatic rings. The molecule has 1 aliphatic heterocycles. The summed E-state index contributed by atoms with van der Waals surface area (Å²) < 4.78 is 0. The number of nitrogens with one attached hydrogen (secondary N) is 1. The van der Waals surface area contributed by atoms with Crippen molar-refractivity contribution in [3.05, 3.63) is 0 Å². The molecule has 1 heterocycles. The number of fused-ring (bicyclic) bond motifs is 1. The molecule has 0 aromatic heterocycles. The second-order valence-corrected chi connectivity index (χ2v) is 7.06. The van der Waals surface area contributed by atoms with E-state index in [0.29, 0.717) is 6.04 Å². The molecular weight excluding hydrogens is 246 g/mol. The Balaban J connectivity index is 1.93. The Morgan fingerprint density at radius 1 is 1.35 bits per heavy atom. The molecule has 0 radical (unpaired) electrons. The lowest BCUT2D eigenvalue weighted by molar-refractivity contribution is 0.122. The van der Waals surface area contributed by atoms with Crippen molar-refractivity contribution in [2.45, 2.75) is 83.3 Å². The lowest BCUT2D eigenvalue weighted by Crippen LogP contribution is -2.49. The summed E-state index contributed by atoms with van der Waals surface area (Å²) in [6.45, 7) is 8.71. The van der Waals surface area contributed by atoms with Gasteiger partial charge in [-0.25, -0.2) is 0 Å². The maximum atomic E-state index is 9.51. The molecule has 114 valence electrons. The predicted octanol–water partition coefficient (Wildman–Crippen LogP) is 3.31. The minimum Gasteiger partial charge on any atom is -0.300 e. The van der Waals surface area contributed by atoms with Gasteiger partial charge in [0, 0.05) is 12.1 Å². The molecule has 4 unspecified atom stereocenters. The molecule has 0 aromatic carbocycles. The van der Waals surface area contributed by atoms with Gasteiger partial charge in [0.2, 0.25) is 0 Å². The van der Waals surface area contributed by atoms with Crippen LogP contribution < -0.4 is 5.32 Å². The van der Waals surface area contributed by atoms with Gasteiger partial charge in [0.15, 0.2) is 0 Å². The fourth-order valence-corrected chi connectivity index (χ4v) is 4.26. The zero-order valence-electron chi connectivity index (χ0n) is 13.5. The van der Waals surface area contributed by atoms with Gasteiger partial charge in [-0.2, -0.15) is 5.26 Å². The average Bonchev–Trinajstić information content (AvgIpc) is 2.89. The first-order valence-corrected chi connectivity index (χ1v) is 8.51. The third-order valence-corrected chi connectivity index (χ3v) is 5.33. The molecule has 1 saturated carbocycles. The predicted molar refractivity (Wildman–Crippen MR) is 83.5 cm³/mol. The van der Waals surface area contributed by atoms with Gasteiger partial charge in [0.05, 0.1) is 6.07 Å². The van der Waals surface area contributed by atoms with E-state index < -0.39 is 0 Å². The topological polar surface area (TPSA) is 39.1 Å². The van der Waals surface area contributed by atoms with E-state index in [9.17, 15) is 5.26 Å². The molecule has 0 bridgehead atoms. The minimum absolute atomic E-state index is 0.373. The molecule has 1 aliphatic carbocycles. The van der Waals surface area contributed by atoms with Crippen molar-refractivity contribution in [3.8, 4) is 6.07 Å². The third-order valence-electron chi connectivity index (χ3n) is 5.33. The zero-order chi connectivity index (χ0) is 14.6. The summed E-state index contributed by atoms with van der Waals surface area (Å²) in [5.41, 5.74) is -0.373. The van der Waals surface area contributed by atoms with Crippen molar-refractivity contribution in [1.29, 1.82) is 5.26 Å². The van der Waals surface area contributed by atoms with Crippen molar-refractivity contribution >= 4 is 0 Å². The summed E-state index contributed by atoms with van der Waals surface area (Å²) in [5, 5.41) is 12.9. The van der Waals surface area contributed by atoms with E-state index in [4.69, 9.17) is 0 Å². The average molecular weight is 277 g/mol. The van der Waals surface area contributed by atoms with Crippen LogP contribution in [-0.2, 0) is 0 Å². The summed E-state index contributed by atoms with van der Waals surface area (Å²) in [6.07, 6.45) is 9.02. The van der Waals surface area contributed by atoms with Crippen LogP contribution in [0.1, 0.15) is 65.7 Å². The van der Waals surface area contributed by atoms with Crippen LogP contribution in [0.25, 0.3) is 0 Å². The van der Waals surface area contributed by atoms with Gasteiger partial charge in [-0.1, -0.05) is 19.8 Å². The highest BCUT2D eigenvalue weighted by atomic mass is 15.2. The molecule has 3 heteroatoms. The first-order chi connectivity index (χ1) is 9.59. The van der Waals surface area contributed by atoms with Crippen LogP contribution in [0.2, 0.25) is 0 Å². The smallest absolute Gasteiger partial charge is 0.105 e. The lowest BCUT2D eigenvalue weighted by atomic mass is 9.84. The molecule has 3 nitrogen and oxygen atoms in total. The zero-order valence-corrected chi connectivity index (χ0v) is 13.5. The molecule has 4 atom stereocenters. The second-order valence-electron chi connectivity index (χ2n) is 7.06. The molecule has 0 amide bonds. The Hall–Kier alpha value is -0.590. The van der Waals surface area contributed by atoms with Crippen molar-refractivity contribution in [1.82, 2.24) is 10.2 Å². The van der Waals surface area contributed by atoms with E-state index >= 15 is 0 Å². The molecule has 2 fully saturated rings. The SMILES string of the molecule is CCCNC(C)(C#N)CC(C)N1CCC2CCCCC21. The van der Waals surface area contributed by atoms with Gasteiger partial charge in [-0.3, -0.25) is 10.2 Å². The standard InChI is InChI=1S/C17H31N3/c1-4-10-19-17(3,13-18)12-14(2)20-11-9-15-7-5-6-8-16(15)20/h14-16,19H,4-12H2,1-3H3. The molecule has 0 spiro atoms. The number of likely N-dealkylation sites (tertiary alicyclic amines) is 1. The highest BCUT2D eigenvalue weighted by Crippen LogP contribution is 2.38. The quantitative estimate of drug-likeness (QED) is 0.809. The van der Waals surface area contributed by atoms with Crippen molar-refractivity contribution in [2.24, 2.45) is 5.92 Å².